The van der Waals surface area contributed by atoms with Gasteiger partial charge in [-0.25, -0.2) is 0 Å². The molecule has 1 aromatic heterocycles. The molecule has 0 radical (unpaired) electrons. The Balaban J connectivity index is 1.85. The van der Waals surface area contributed by atoms with Gasteiger partial charge in [0.25, 0.3) is 5.91 Å². The molecule has 3 rings (SSSR count). The summed E-state index contributed by atoms with van der Waals surface area (Å²) in [5.74, 6) is 0.896. The van der Waals surface area contributed by atoms with Crippen molar-refractivity contribution in [2.24, 2.45) is 0 Å². The summed E-state index contributed by atoms with van der Waals surface area (Å²) in [5.41, 5.74) is 0.603. The van der Waals surface area contributed by atoms with Gasteiger partial charge in [0.1, 0.15) is 11.3 Å². The number of fused-ring (bicyclic) bond motifs is 1. The SMILES string of the molecule is COc1cc(OC)c(OC)cc1CNC(=O)c1cc(=O)c2cc(Cl)ccc2o1. The smallest absolute Gasteiger partial charge is 0.287 e. The molecule has 0 fully saturated rings. The molecule has 0 aliphatic rings. The number of carbonyl (C=O) groups excluding carboxylic acids is 1. The maximum Gasteiger partial charge on any atom is 0.287 e. The summed E-state index contributed by atoms with van der Waals surface area (Å²) < 4.78 is 21.4. The fourth-order valence-corrected chi connectivity index (χ4v) is 2.91. The molecular formula is C20H18ClNO6. The van der Waals surface area contributed by atoms with E-state index in [0.717, 1.165) is 6.07 Å². The highest BCUT2D eigenvalue weighted by Gasteiger charge is 2.16. The average molecular weight is 404 g/mol. The molecule has 7 nitrogen and oxygen atoms in total. The summed E-state index contributed by atoms with van der Waals surface area (Å²) in [6, 6.07) is 9.14. The van der Waals surface area contributed by atoms with Gasteiger partial charge in [0.2, 0.25) is 0 Å². The Labute approximate surface area is 165 Å². The van der Waals surface area contributed by atoms with Gasteiger partial charge in [0.05, 0.1) is 26.7 Å². The summed E-state index contributed by atoms with van der Waals surface area (Å²) >= 11 is 5.89. The molecule has 1 N–H and O–H groups in total. The van der Waals surface area contributed by atoms with Crippen molar-refractivity contribution < 1.29 is 23.4 Å². The molecule has 3 aromatic rings. The Hall–Kier alpha value is -3.19. The summed E-state index contributed by atoms with van der Waals surface area (Å²) in [5, 5.41) is 3.43. The summed E-state index contributed by atoms with van der Waals surface area (Å²) in [6.45, 7) is 0.130. The monoisotopic (exact) mass is 403 g/mol. The van der Waals surface area contributed by atoms with Crippen LogP contribution in [0.3, 0.4) is 0 Å². The predicted molar refractivity (Wildman–Crippen MR) is 105 cm³/mol. The van der Waals surface area contributed by atoms with E-state index in [2.05, 4.69) is 5.32 Å². The van der Waals surface area contributed by atoms with E-state index < -0.39 is 5.91 Å². The first-order valence-electron chi connectivity index (χ1n) is 8.27. The van der Waals surface area contributed by atoms with Crippen LogP contribution in [0.5, 0.6) is 17.2 Å². The maximum atomic E-state index is 12.5. The van der Waals surface area contributed by atoms with E-state index in [-0.39, 0.29) is 23.3 Å². The van der Waals surface area contributed by atoms with Gasteiger partial charge < -0.3 is 23.9 Å². The van der Waals surface area contributed by atoms with Crippen LogP contribution in [0.15, 0.2) is 45.6 Å². The van der Waals surface area contributed by atoms with E-state index in [4.69, 9.17) is 30.2 Å². The molecule has 0 bridgehead atoms. The molecule has 0 saturated carbocycles. The number of nitrogens with one attached hydrogen (secondary N) is 1. The zero-order valence-electron chi connectivity index (χ0n) is 15.5. The molecule has 146 valence electrons. The normalized spacial score (nSPS) is 10.6. The third-order valence-electron chi connectivity index (χ3n) is 4.14. The van der Waals surface area contributed by atoms with Crippen LogP contribution in [0, 0.1) is 0 Å². The van der Waals surface area contributed by atoms with E-state index >= 15 is 0 Å². The zero-order valence-corrected chi connectivity index (χ0v) is 16.3. The second-order valence-electron chi connectivity index (χ2n) is 5.82. The molecule has 0 unspecified atom stereocenters. The number of carbonyl (C=O) groups is 1. The summed E-state index contributed by atoms with van der Waals surface area (Å²) in [4.78, 5) is 24.7. The minimum atomic E-state index is -0.536. The molecule has 28 heavy (non-hydrogen) atoms. The molecule has 2 aromatic carbocycles. The Kier molecular flexibility index (Phi) is 5.75. The highest BCUT2D eigenvalue weighted by Crippen LogP contribution is 2.34. The highest BCUT2D eigenvalue weighted by molar-refractivity contribution is 6.31. The molecule has 0 aliphatic carbocycles. The van der Waals surface area contributed by atoms with Gasteiger partial charge in [-0.05, 0) is 24.3 Å². The molecular weight excluding hydrogens is 386 g/mol. The van der Waals surface area contributed by atoms with E-state index in [9.17, 15) is 9.59 Å². The van der Waals surface area contributed by atoms with Crippen LogP contribution in [0.1, 0.15) is 16.1 Å². The van der Waals surface area contributed by atoms with Crippen molar-refractivity contribution in [3.8, 4) is 17.2 Å². The lowest BCUT2D eigenvalue weighted by atomic mass is 10.1. The van der Waals surface area contributed by atoms with Gasteiger partial charge in [-0.2, -0.15) is 0 Å². The van der Waals surface area contributed by atoms with Crippen molar-refractivity contribution in [1.82, 2.24) is 5.32 Å². The second kappa shape index (κ2) is 8.22. The fraction of sp³-hybridized carbons (Fsp3) is 0.200. The van der Waals surface area contributed by atoms with E-state index in [0.29, 0.717) is 33.2 Å². The Morgan fingerprint density at radius 2 is 1.68 bits per heavy atom. The van der Waals surface area contributed by atoms with Gasteiger partial charge in [0.15, 0.2) is 22.7 Å². The number of methoxy groups -OCH3 is 3. The van der Waals surface area contributed by atoms with Crippen molar-refractivity contribution >= 4 is 28.5 Å². The van der Waals surface area contributed by atoms with Crippen LogP contribution in [0.25, 0.3) is 11.0 Å². The predicted octanol–water partition coefficient (Wildman–Crippen LogP) is 3.40. The van der Waals surface area contributed by atoms with E-state index in [1.54, 1.807) is 24.3 Å². The van der Waals surface area contributed by atoms with Crippen molar-refractivity contribution in [2.45, 2.75) is 6.54 Å². The number of rotatable bonds is 6. The Morgan fingerprint density at radius 1 is 1.00 bits per heavy atom. The summed E-state index contributed by atoms with van der Waals surface area (Å²) in [6.07, 6.45) is 0. The van der Waals surface area contributed by atoms with Crippen LogP contribution in [-0.4, -0.2) is 27.2 Å². The van der Waals surface area contributed by atoms with Crippen molar-refractivity contribution in [2.75, 3.05) is 21.3 Å². The van der Waals surface area contributed by atoms with Gasteiger partial charge in [-0.15, -0.1) is 0 Å². The van der Waals surface area contributed by atoms with E-state index in [1.807, 2.05) is 0 Å². The van der Waals surface area contributed by atoms with Crippen LogP contribution < -0.4 is 25.0 Å². The van der Waals surface area contributed by atoms with E-state index in [1.165, 1.54) is 27.4 Å². The zero-order chi connectivity index (χ0) is 20.3. The number of hydrogen-bond acceptors (Lipinski definition) is 6. The first kappa shape index (κ1) is 19.6. The van der Waals surface area contributed by atoms with Gasteiger partial charge in [-0.1, -0.05) is 11.6 Å². The van der Waals surface area contributed by atoms with Crippen LogP contribution in [0.2, 0.25) is 5.02 Å². The van der Waals surface area contributed by atoms with Gasteiger partial charge >= 0.3 is 0 Å². The first-order chi connectivity index (χ1) is 13.5. The topological polar surface area (TPSA) is 87.0 Å². The van der Waals surface area contributed by atoms with Crippen LogP contribution in [-0.2, 0) is 6.54 Å². The molecule has 0 spiro atoms. The highest BCUT2D eigenvalue weighted by atomic mass is 35.5. The first-order valence-corrected chi connectivity index (χ1v) is 8.65. The van der Waals surface area contributed by atoms with Crippen LogP contribution in [0.4, 0.5) is 0 Å². The molecule has 1 amide bonds. The number of amides is 1. The largest absolute Gasteiger partial charge is 0.496 e. The maximum absolute atomic E-state index is 12.5. The average Bonchev–Trinajstić information content (AvgIpc) is 2.71. The number of halogens is 1. The lowest BCUT2D eigenvalue weighted by molar-refractivity contribution is 0.0923. The lowest BCUT2D eigenvalue weighted by Crippen LogP contribution is -2.24. The number of ether oxygens (including phenoxy) is 3. The lowest BCUT2D eigenvalue weighted by Gasteiger charge is -2.14. The standard InChI is InChI=1S/C20H18ClNO6/c1-25-16-9-18(27-3)17(26-2)6-11(16)10-22-20(24)19-8-14(23)13-7-12(21)4-5-15(13)28-19/h4-9H,10H2,1-3H3,(H,22,24). The molecule has 0 saturated heterocycles. The van der Waals surface area contributed by atoms with Crippen LogP contribution >= 0.6 is 11.6 Å². The van der Waals surface area contributed by atoms with Gasteiger partial charge in [0, 0.05) is 29.3 Å². The minimum Gasteiger partial charge on any atom is -0.496 e. The minimum absolute atomic E-state index is 0.0979. The third kappa shape index (κ3) is 3.89. The van der Waals surface area contributed by atoms with Crippen molar-refractivity contribution in [3.63, 3.8) is 0 Å². The van der Waals surface area contributed by atoms with Crippen molar-refractivity contribution in [3.05, 3.63) is 63.0 Å². The Morgan fingerprint density at radius 3 is 2.36 bits per heavy atom. The van der Waals surface area contributed by atoms with Crippen molar-refractivity contribution in [1.29, 1.82) is 0 Å². The fourth-order valence-electron chi connectivity index (χ4n) is 2.73. The molecule has 0 atom stereocenters. The third-order valence-corrected chi connectivity index (χ3v) is 4.37. The van der Waals surface area contributed by atoms with Gasteiger partial charge in [-0.3, -0.25) is 9.59 Å². The quantitative estimate of drug-likeness (QED) is 0.678. The Bertz CT molecular complexity index is 1090. The number of benzene rings is 2. The molecule has 8 heteroatoms. The molecule has 0 aliphatic heterocycles. The molecule has 1 heterocycles. The summed E-state index contributed by atoms with van der Waals surface area (Å²) in [7, 11) is 4.55. The second-order valence-corrected chi connectivity index (χ2v) is 6.25. The number of hydrogen-bond donors (Lipinski definition) is 1.